The normalized spacial score (nSPS) is 20.1. The third-order valence-corrected chi connectivity index (χ3v) is 14.3. The predicted molar refractivity (Wildman–Crippen MR) is 313 cm³/mol. The van der Waals surface area contributed by atoms with Crippen LogP contribution in [0.3, 0.4) is 0 Å². The number of benzene rings is 6. The molecule has 2 aliphatic heterocycles. The number of ether oxygens (including phenoxy) is 9. The highest BCUT2D eigenvalue weighted by atomic mass is 16.6. The number of nitrogens with one attached hydrogen (secondary N) is 3. The van der Waals surface area contributed by atoms with E-state index in [0.717, 1.165) is 47.9 Å². The van der Waals surface area contributed by atoms with Crippen LogP contribution in [0.2, 0.25) is 0 Å². The van der Waals surface area contributed by atoms with Crippen LogP contribution in [0.15, 0.2) is 176 Å². The standard InChI is InChI=1S/C67H75N3O15/c1-2-3-4-5-21-38-77-52-32-34-53(35-33-52)78-45-56-65(74)69-55(64(73)68-54(67(76)84-44-51-30-19-10-20-31-51)36-37-58(71)79-40-47-22-11-6-12-23-47)39-59(72)80-46-57-60(81-41-48-24-13-7-14-25-48)61(82-42-49-26-15-8-16-27-49)62(63(85-57)66(75)70-56)83-43-50-28-17-9-18-29-50/h6-20,22-35,54-57,60-63H,2-5,21,36-46H2,1H3,(H,68,73)(H,69,74)(H,70,75)/t54-,55-,56+,57-,60+,61+,62-,63+/m0/s1. The van der Waals surface area contributed by atoms with Crippen molar-refractivity contribution < 1.29 is 71.4 Å². The molecule has 8 atom stereocenters. The summed E-state index contributed by atoms with van der Waals surface area (Å²) >= 11 is 0. The number of amides is 3. The number of fused-ring (bicyclic) bond motifs is 2. The highest BCUT2D eigenvalue weighted by Gasteiger charge is 2.52. The number of hydrogen-bond donors (Lipinski definition) is 3. The number of cyclic esters (lactones) is 1. The molecule has 2 saturated heterocycles. The SMILES string of the molecule is CCCCCCCOc1ccc(OC[C@H]2NC(=O)[C@@H]3O[C@@H](COC(=O)C[C@@H](C(=O)N[C@@H](CCC(=O)OCc4ccccc4)C(=O)OCc4ccccc4)NC2=O)[C@@H](OCc2ccccc2)[C@@H](OCc2ccccc2)[C@@H]3OCc2ccccc2)cc1. The van der Waals surface area contributed by atoms with Crippen LogP contribution in [-0.2, 0) is 95.0 Å². The molecule has 6 aromatic rings. The molecule has 18 heteroatoms. The maximum absolute atomic E-state index is 15.2. The van der Waals surface area contributed by atoms with E-state index >= 15 is 4.79 Å². The van der Waals surface area contributed by atoms with Crippen LogP contribution in [-0.4, -0.2) is 104 Å². The maximum Gasteiger partial charge on any atom is 0.328 e. The Balaban J connectivity index is 1.09. The fourth-order valence-electron chi connectivity index (χ4n) is 9.58. The second-order valence-corrected chi connectivity index (χ2v) is 20.8. The van der Waals surface area contributed by atoms with Crippen LogP contribution in [0.5, 0.6) is 11.5 Å². The smallest absolute Gasteiger partial charge is 0.328 e. The van der Waals surface area contributed by atoms with Gasteiger partial charge < -0.3 is 58.6 Å². The van der Waals surface area contributed by atoms with Crippen molar-refractivity contribution in [2.75, 3.05) is 19.8 Å². The van der Waals surface area contributed by atoms with Crippen molar-refractivity contribution in [1.82, 2.24) is 16.0 Å². The van der Waals surface area contributed by atoms with E-state index in [-0.39, 0.29) is 45.9 Å². The first-order valence-corrected chi connectivity index (χ1v) is 29.0. The Hall–Kier alpha value is -8.42. The van der Waals surface area contributed by atoms with Gasteiger partial charge in [-0.05, 0) is 64.9 Å². The Morgan fingerprint density at radius 2 is 1.05 bits per heavy atom. The lowest BCUT2D eigenvalue weighted by molar-refractivity contribution is -0.266. The summed E-state index contributed by atoms with van der Waals surface area (Å²) in [5.74, 6) is -4.36. The van der Waals surface area contributed by atoms with E-state index in [9.17, 15) is 24.0 Å². The molecule has 0 saturated carbocycles. The zero-order valence-electron chi connectivity index (χ0n) is 47.8. The molecule has 0 unspecified atom stereocenters. The molecular weight excluding hydrogens is 1090 g/mol. The average molecular weight is 1160 g/mol. The first kappa shape index (κ1) is 62.6. The lowest BCUT2D eigenvalue weighted by atomic mass is 9.93. The van der Waals surface area contributed by atoms with Crippen molar-refractivity contribution in [3.63, 3.8) is 0 Å². The first-order chi connectivity index (χ1) is 41.6. The molecule has 0 aromatic heterocycles. The van der Waals surface area contributed by atoms with Gasteiger partial charge in [0.25, 0.3) is 5.91 Å². The number of hydrogen-bond acceptors (Lipinski definition) is 15. The zero-order valence-corrected chi connectivity index (χ0v) is 47.8. The second-order valence-electron chi connectivity index (χ2n) is 20.8. The number of carbonyl (C=O) groups excluding carboxylic acids is 6. The van der Waals surface area contributed by atoms with Gasteiger partial charge in [0.15, 0.2) is 6.10 Å². The molecule has 0 spiro atoms. The van der Waals surface area contributed by atoms with Gasteiger partial charge in [-0.1, -0.05) is 184 Å². The summed E-state index contributed by atoms with van der Waals surface area (Å²) < 4.78 is 56.1. The van der Waals surface area contributed by atoms with Crippen LogP contribution in [0, 0.1) is 0 Å². The van der Waals surface area contributed by atoms with Crippen molar-refractivity contribution in [2.24, 2.45) is 0 Å². The van der Waals surface area contributed by atoms with E-state index in [1.807, 2.05) is 97.1 Å². The third-order valence-electron chi connectivity index (χ3n) is 14.3. The van der Waals surface area contributed by atoms with E-state index in [1.54, 1.807) is 78.9 Å². The Kier molecular flexibility index (Phi) is 24.9. The van der Waals surface area contributed by atoms with Crippen LogP contribution in [0.4, 0.5) is 0 Å². The van der Waals surface area contributed by atoms with E-state index in [4.69, 9.17) is 42.6 Å². The van der Waals surface area contributed by atoms with Gasteiger partial charge in [-0.15, -0.1) is 0 Å². The summed E-state index contributed by atoms with van der Waals surface area (Å²) in [6.07, 6.45) is -2.04. The Bertz CT molecular complexity index is 3000. The lowest BCUT2D eigenvalue weighted by Gasteiger charge is -2.45. The van der Waals surface area contributed by atoms with Gasteiger partial charge in [-0.25, -0.2) is 4.79 Å². The average Bonchev–Trinajstić information content (AvgIpc) is 3.77. The van der Waals surface area contributed by atoms with Crippen molar-refractivity contribution >= 4 is 35.6 Å². The highest BCUT2D eigenvalue weighted by molar-refractivity contribution is 5.96. The summed E-state index contributed by atoms with van der Waals surface area (Å²) in [6.45, 7) is 1.63. The lowest BCUT2D eigenvalue weighted by Crippen LogP contribution is -2.66. The summed E-state index contributed by atoms with van der Waals surface area (Å²) in [5.41, 5.74) is 3.79. The minimum Gasteiger partial charge on any atom is -0.494 e. The first-order valence-electron chi connectivity index (χ1n) is 29.0. The van der Waals surface area contributed by atoms with E-state index < -0.39 is 104 Å². The highest BCUT2D eigenvalue weighted by Crippen LogP contribution is 2.32. The molecule has 18 nitrogen and oxygen atoms in total. The van der Waals surface area contributed by atoms with Gasteiger partial charge in [0.05, 0.1) is 32.8 Å². The molecule has 2 fully saturated rings. The molecule has 0 radical (unpaired) electrons. The fraction of sp³-hybridized carbons (Fsp3) is 0.373. The van der Waals surface area contributed by atoms with E-state index in [1.165, 1.54) is 6.42 Å². The molecule has 2 heterocycles. The number of esters is 3. The second kappa shape index (κ2) is 33.8. The van der Waals surface area contributed by atoms with Gasteiger partial charge in [0.2, 0.25) is 11.8 Å². The largest absolute Gasteiger partial charge is 0.494 e. The Morgan fingerprint density at radius 3 is 1.60 bits per heavy atom. The van der Waals surface area contributed by atoms with Gasteiger partial charge in [0.1, 0.15) is 80.5 Å². The Labute approximate surface area is 496 Å². The van der Waals surface area contributed by atoms with Crippen LogP contribution >= 0.6 is 0 Å². The molecule has 448 valence electrons. The maximum atomic E-state index is 15.2. The summed E-state index contributed by atoms with van der Waals surface area (Å²) in [6, 6.07) is 48.0. The molecule has 6 aromatic carbocycles. The Morgan fingerprint density at radius 1 is 0.553 bits per heavy atom. The number of carbonyl (C=O) groups is 6. The monoisotopic (exact) mass is 1160 g/mol. The number of rotatable bonds is 29. The van der Waals surface area contributed by atoms with E-state index in [2.05, 4.69) is 22.9 Å². The van der Waals surface area contributed by atoms with Crippen LogP contribution in [0.25, 0.3) is 0 Å². The van der Waals surface area contributed by atoms with Gasteiger partial charge in [-0.2, -0.15) is 0 Å². The van der Waals surface area contributed by atoms with E-state index in [0.29, 0.717) is 23.7 Å². The molecule has 3 amide bonds. The molecule has 2 bridgehead atoms. The third kappa shape index (κ3) is 20.4. The minimum absolute atomic E-state index is 0.00689. The molecule has 0 aliphatic carbocycles. The van der Waals surface area contributed by atoms with Crippen LogP contribution in [0.1, 0.15) is 86.1 Å². The van der Waals surface area contributed by atoms with Crippen molar-refractivity contribution in [1.29, 1.82) is 0 Å². The number of unbranched alkanes of at least 4 members (excludes halogenated alkanes) is 4. The van der Waals surface area contributed by atoms with Gasteiger partial charge in [-0.3, -0.25) is 24.0 Å². The topological polar surface area (TPSA) is 222 Å². The quantitative estimate of drug-likeness (QED) is 0.0227. The van der Waals surface area contributed by atoms with Crippen molar-refractivity contribution in [3.8, 4) is 11.5 Å². The van der Waals surface area contributed by atoms with Gasteiger partial charge in [0, 0.05) is 6.42 Å². The van der Waals surface area contributed by atoms with Crippen molar-refractivity contribution in [2.45, 2.75) is 140 Å². The molecular formula is C67H75N3O15. The summed E-state index contributed by atoms with van der Waals surface area (Å²) in [7, 11) is 0. The molecule has 8 rings (SSSR count). The molecule has 3 N–H and O–H groups in total. The van der Waals surface area contributed by atoms with Crippen molar-refractivity contribution in [3.05, 3.63) is 204 Å². The predicted octanol–water partition coefficient (Wildman–Crippen LogP) is 8.61. The fourth-order valence-corrected chi connectivity index (χ4v) is 9.58. The zero-order chi connectivity index (χ0) is 59.4. The summed E-state index contributed by atoms with van der Waals surface area (Å²) in [5, 5.41) is 8.07. The molecule has 2 aliphatic rings. The van der Waals surface area contributed by atoms with Gasteiger partial charge >= 0.3 is 17.9 Å². The molecule has 85 heavy (non-hydrogen) atoms. The summed E-state index contributed by atoms with van der Waals surface area (Å²) in [4.78, 5) is 86.2. The van der Waals surface area contributed by atoms with Crippen LogP contribution < -0.4 is 25.4 Å². The minimum atomic E-state index is -1.73.